The zero-order valence-corrected chi connectivity index (χ0v) is 7.65. The third-order valence-electron chi connectivity index (χ3n) is 1.44. The van der Waals surface area contributed by atoms with Crippen molar-refractivity contribution in [2.75, 3.05) is 6.54 Å². The predicted molar refractivity (Wildman–Crippen MR) is 53.2 cm³/mol. The summed E-state index contributed by atoms with van der Waals surface area (Å²) < 4.78 is 0. The molecule has 0 aromatic carbocycles. The maximum atomic E-state index is 11.1. The summed E-state index contributed by atoms with van der Waals surface area (Å²) in [6, 6.07) is 1.11. The van der Waals surface area contributed by atoms with E-state index < -0.39 is 11.1 Å². The Kier molecular flexibility index (Phi) is 3.77. The van der Waals surface area contributed by atoms with Crippen LogP contribution in [0.2, 0.25) is 0 Å². The Labute approximate surface area is 83.8 Å². The van der Waals surface area contributed by atoms with Gasteiger partial charge in [-0.2, -0.15) is 0 Å². The number of rotatable bonds is 2. The summed E-state index contributed by atoms with van der Waals surface area (Å²) in [4.78, 5) is 24.4. The largest absolute Gasteiger partial charge is 0.278 e. The van der Waals surface area contributed by atoms with E-state index in [0.29, 0.717) is 6.42 Å². The highest BCUT2D eigenvalue weighted by atomic mass is 16.1. The van der Waals surface area contributed by atoms with Crippen molar-refractivity contribution >= 4 is 0 Å². The Morgan fingerprint density at radius 1 is 1.47 bits per heavy atom. The molecule has 0 atom stereocenters. The molecule has 7 nitrogen and oxygen atoms in total. The van der Waals surface area contributed by atoms with Crippen LogP contribution in [0.3, 0.4) is 0 Å². The number of nitrogens with one attached hydrogen (secondary N) is 2. The van der Waals surface area contributed by atoms with E-state index in [1.54, 1.807) is 0 Å². The fourth-order valence-corrected chi connectivity index (χ4v) is 0.820. The van der Waals surface area contributed by atoms with Crippen LogP contribution < -0.4 is 11.1 Å². The zero-order valence-electron chi connectivity index (χ0n) is 7.65. The summed E-state index contributed by atoms with van der Waals surface area (Å²) in [7, 11) is 0. The summed E-state index contributed by atoms with van der Waals surface area (Å²) in [5.41, 5.74) is 7.19. The van der Waals surface area contributed by atoms with Crippen LogP contribution in [0.25, 0.3) is 10.4 Å². The van der Waals surface area contributed by atoms with Crippen LogP contribution >= 0.6 is 0 Å². The number of nitrogens with zero attached hydrogens (tertiary/aromatic N) is 3. The van der Waals surface area contributed by atoms with Crippen molar-refractivity contribution in [3.05, 3.63) is 42.8 Å². The summed E-state index contributed by atoms with van der Waals surface area (Å²) in [6.07, 6.45) is 0.344. The monoisotopic (exact) mass is 205 g/mol. The van der Waals surface area contributed by atoms with Gasteiger partial charge < -0.3 is 0 Å². The standard InChI is InChI=1S/C8H7N5O2/c9-13-10-4-2-1-3-6-5-7(14)11-12-8(6)15/h5H,2,4H2,(H,11,14)(H,12,15). The number of azide groups is 1. The average Bonchev–Trinajstić information content (AvgIpc) is 2.23. The molecule has 2 N–H and O–H groups in total. The molecular weight excluding hydrogens is 198 g/mol. The van der Waals surface area contributed by atoms with Crippen molar-refractivity contribution in [1.29, 1.82) is 0 Å². The topological polar surface area (TPSA) is 114 Å². The normalized spacial score (nSPS) is 8.53. The summed E-state index contributed by atoms with van der Waals surface area (Å²) in [5.74, 6) is 5.13. The van der Waals surface area contributed by atoms with Gasteiger partial charge in [0, 0.05) is 23.9 Å². The molecule has 1 rings (SSSR count). The SMILES string of the molecule is [N-]=[N+]=NCCC#Cc1cc(=O)[nH][nH]c1=O. The predicted octanol–water partition coefficient (Wildman–Crippen LogP) is 0.115. The number of hydrogen-bond acceptors (Lipinski definition) is 3. The van der Waals surface area contributed by atoms with E-state index in [1.807, 2.05) is 0 Å². The average molecular weight is 205 g/mol. The summed E-state index contributed by atoms with van der Waals surface area (Å²) >= 11 is 0. The second kappa shape index (κ2) is 5.32. The molecular formula is C8H7N5O2. The fourth-order valence-electron chi connectivity index (χ4n) is 0.820. The minimum atomic E-state index is -0.453. The first-order chi connectivity index (χ1) is 7.24. The molecule has 7 heteroatoms. The highest BCUT2D eigenvalue weighted by molar-refractivity contribution is 5.30. The minimum Gasteiger partial charge on any atom is -0.268 e. The van der Waals surface area contributed by atoms with Gasteiger partial charge in [-0.3, -0.25) is 19.8 Å². The van der Waals surface area contributed by atoms with Crippen LogP contribution in [0.15, 0.2) is 20.8 Å². The Morgan fingerprint density at radius 3 is 3.00 bits per heavy atom. The fraction of sp³-hybridized carbons (Fsp3) is 0.250. The van der Waals surface area contributed by atoms with E-state index >= 15 is 0 Å². The lowest BCUT2D eigenvalue weighted by Gasteiger charge is -1.86. The highest BCUT2D eigenvalue weighted by Crippen LogP contribution is 1.82. The molecule has 0 radical (unpaired) electrons. The lowest BCUT2D eigenvalue weighted by Crippen LogP contribution is -2.20. The van der Waals surface area contributed by atoms with Crippen molar-refractivity contribution in [1.82, 2.24) is 10.2 Å². The van der Waals surface area contributed by atoms with E-state index in [1.165, 1.54) is 0 Å². The van der Waals surface area contributed by atoms with Crippen molar-refractivity contribution in [3.8, 4) is 11.8 Å². The van der Waals surface area contributed by atoms with E-state index in [-0.39, 0.29) is 12.1 Å². The van der Waals surface area contributed by atoms with Crippen molar-refractivity contribution < 1.29 is 0 Å². The molecule has 0 amide bonds. The molecule has 0 aliphatic rings. The first kappa shape index (κ1) is 10.6. The van der Waals surface area contributed by atoms with Crippen molar-refractivity contribution in [3.63, 3.8) is 0 Å². The molecule has 0 fully saturated rings. The minimum absolute atomic E-state index is 0.0969. The van der Waals surface area contributed by atoms with Gasteiger partial charge in [-0.05, 0) is 5.53 Å². The molecule has 1 heterocycles. The molecule has 0 saturated heterocycles. The molecule has 0 unspecified atom stereocenters. The van der Waals surface area contributed by atoms with Crippen LogP contribution in [0, 0.1) is 11.8 Å². The van der Waals surface area contributed by atoms with Gasteiger partial charge >= 0.3 is 0 Å². The second-order valence-electron chi connectivity index (χ2n) is 2.51. The Morgan fingerprint density at radius 2 is 2.27 bits per heavy atom. The Balaban J connectivity index is 2.79. The van der Waals surface area contributed by atoms with Crippen molar-refractivity contribution in [2.45, 2.75) is 6.42 Å². The number of aromatic nitrogens is 2. The van der Waals surface area contributed by atoms with E-state index in [2.05, 4.69) is 32.1 Å². The number of aromatic amines is 2. The number of H-pyrrole nitrogens is 2. The van der Waals surface area contributed by atoms with E-state index in [0.717, 1.165) is 6.07 Å². The number of hydrogen-bond donors (Lipinski definition) is 2. The lowest BCUT2D eigenvalue weighted by atomic mass is 10.3. The molecule has 0 spiro atoms. The van der Waals surface area contributed by atoms with E-state index in [9.17, 15) is 9.59 Å². The van der Waals surface area contributed by atoms with Gasteiger partial charge in [0.05, 0.1) is 5.56 Å². The smallest absolute Gasteiger partial charge is 0.268 e. The van der Waals surface area contributed by atoms with Crippen LogP contribution in [0.4, 0.5) is 0 Å². The van der Waals surface area contributed by atoms with Gasteiger partial charge in [0.1, 0.15) is 0 Å². The van der Waals surface area contributed by atoms with Gasteiger partial charge in [0.2, 0.25) is 0 Å². The molecule has 15 heavy (non-hydrogen) atoms. The molecule has 0 aliphatic heterocycles. The third kappa shape index (κ3) is 3.42. The maximum Gasteiger partial charge on any atom is 0.278 e. The van der Waals surface area contributed by atoms with Gasteiger partial charge in [-0.15, -0.1) is 0 Å². The molecule has 0 aliphatic carbocycles. The molecule has 1 aromatic rings. The van der Waals surface area contributed by atoms with Gasteiger partial charge in [0.25, 0.3) is 11.1 Å². The maximum absolute atomic E-state index is 11.1. The van der Waals surface area contributed by atoms with Crippen LogP contribution in [-0.2, 0) is 0 Å². The highest BCUT2D eigenvalue weighted by Gasteiger charge is 1.94. The summed E-state index contributed by atoms with van der Waals surface area (Å²) in [5, 5.41) is 7.53. The molecule has 0 saturated carbocycles. The van der Waals surface area contributed by atoms with E-state index in [4.69, 9.17) is 5.53 Å². The van der Waals surface area contributed by atoms with Crippen LogP contribution in [0.1, 0.15) is 12.0 Å². The first-order valence-corrected chi connectivity index (χ1v) is 4.06. The second-order valence-corrected chi connectivity index (χ2v) is 2.51. The summed E-state index contributed by atoms with van der Waals surface area (Å²) in [6.45, 7) is 0.241. The van der Waals surface area contributed by atoms with Gasteiger partial charge in [-0.1, -0.05) is 17.0 Å². The Bertz CT molecular complexity index is 553. The van der Waals surface area contributed by atoms with Gasteiger partial charge in [0.15, 0.2) is 0 Å². The molecule has 1 aromatic heterocycles. The van der Waals surface area contributed by atoms with Crippen molar-refractivity contribution in [2.24, 2.45) is 5.11 Å². The first-order valence-electron chi connectivity index (χ1n) is 4.06. The Hall–Kier alpha value is -2.45. The third-order valence-corrected chi connectivity index (χ3v) is 1.44. The zero-order chi connectivity index (χ0) is 11.1. The quantitative estimate of drug-likeness (QED) is 0.234. The van der Waals surface area contributed by atoms with Crippen LogP contribution in [0.5, 0.6) is 0 Å². The van der Waals surface area contributed by atoms with Gasteiger partial charge in [-0.25, -0.2) is 0 Å². The molecule has 76 valence electrons. The lowest BCUT2D eigenvalue weighted by molar-refractivity contribution is 0.945. The molecule has 0 bridgehead atoms. The van der Waals surface area contributed by atoms with Crippen LogP contribution in [-0.4, -0.2) is 16.7 Å².